The number of ether oxygens (including phenoxy) is 1. The van der Waals surface area contributed by atoms with Crippen LogP contribution in [0.15, 0.2) is 34.4 Å². The predicted molar refractivity (Wildman–Crippen MR) is 111 cm³/mol. The Balaban J connectivity index is 1.68. The minimum atomic E-state index is -3.56. The highest BCUT2D eigenvalue weighted by molar-refractivity contribution is 7.89. The molecule has 1 aromatic carbocycles. The molecule has 0 saturated carbocycles. The lowest BCUT2D eigenvalue weighted by molar-refractivity contribution is -0.138. The van der Waals surface area contributed by atoms with Crippen LogP contribution in [0.5, 0.6) is 0 Å². The molecule has 164 valence electrons. The predicted octanol–water partition coefficient (Wildman–Crippen LogP) is 0.740. The summed E-state index contributed by atoms with van der Waals surface area (Å²) in [5.74, 6) is -0.462. The van der Waals surface area contributed by atoms with Gasteiger partial charge in [0.1, 0.15) is 0 Å². The minimum Gasteiger partial charge on any atom is -0.463 e. The lowest BCUT2D eigenvalue weighted by Gasteiger charge is -2.35. The van der Waals surface area contributed by atoms with Crippen LogP contribution in [0.2, 0.25) is 0 Å². The molecule has 2 heterocycles. The number of carbonyl (C=O) groups excluding carboxylic acids is 2. The number of rotatable bonds is 6. The van der Waals surface area contributed by atoms with Crippen molar-refractivity contribution in [3.63, 3.8) is 0 Å². The first-order valence-electron chi connectivity index (χ1n) is 9.96. The fraction of sp³-hybridized carbons (Fsp3) is 0.500. The van der Waals surface area contributed by atoms with Gasteiger partial charge in [-0.1, -0.05) is 6.07 Å². The second kappa shape index (κ2) is 9.15. The van der Waals surface area contributed by atoms with E-state index in [1.165, 1.54) is 4.31 Å². The summed E-state index contributed by atoms with van der Waals surface area (Å²) >= 11 is 0. The maximum atomic E-state index is 13.0. The van der Waals surface area contributed by atoms with Crippen molar-refractivity contribution < 1.29 is 22.7 Å². The van der Waals surface area contributed by atoms with E-state index in [2.05, 4.69) is 10.6 Å². The first kappa shape index (κ1) is 22.3. The molecule has 2 aliphatic heterocycles. The summed E-state index contributed by atoms with van der Waals surface area (Å²) in [6.45, 7) is 7.94. The first-order valence-corrected chi connectivity index (χ1v) is 11.4. The zero-order valence-electron chi connectivity index (χ0n) is 17.5. The standard InChI is InChI=1S/C20H28N4O5S/c1-4-29-19(25)17-12-21-20(26)22-18(17)13-23-7-9-24(10-8-23)30(27,28)16-6-5-14(2)15(3)11-16/h5-6,11H,4,7-10,12-13H2,1-3H3,(H2,21,22,26). The number of carbonyl (C=O) groups is 2. The molecular formula is C20H28N4O5S. The summed E-state index contributed by atoms with van der Waals surface area (Å²) in [7, 11) is -3.56. The molecule has 0 bridgehead atoms. The van der Waals surface area contributed by atoms with Crippen LogP contribution < -0.4 is 10.6 Å². The normalized spacial score (nSPS) is 18.7. The Kier molecular flexibility index (Phi) is 6.79. The SMILES string of the molecule is CCOC(=O)C1=C(CN2CCN(S(=O)(=O)c3ccc(C)c(C)c3)CC2)NC(=O)NC1. The molecular weight excluding hydrogens is 408 g/mol. The molecule has 1 aromatic rings. The Hall–Kier alpha value is -2.43. The van der Waals surface area contributed by atoms with Crippen molar-refractivity contribution in [2.24, 2.45) is 0 Å². The molecule has 2 amide bonds. The maximum absolute atomic E-state index is 13.0. The van der Waals surface area contributed by atoms with E-state index in [1.54, 1.807) is 19.1 Å². The van der Waals surface area contributed by atoms with Gasteiger partial charge < -0.3 is 15.4 Å². The molecule has 3 rings (SSSR count). The lowest BCUT2D eigenvalue weighted by atomic mass is 10.1. The van der Waals surface area contributed by atoms with Gasteiger partial charge in [-0.3, -0.25) is 4.90 Å². The molecule has 10 heteroatoms. The van der Waals surface area contributed by atoms with Crippen molar-refractivity contribution in [1.82, 2.24) is 19.8 Å². The van der Waals surface area contributed by atoms with Crippen molar-refractivity contribution in [3.8, 4) is 0 Å². The van der Waals surface area contributed by atoms with E-state index in [0.717, 1.165) is 11.1 Å². The average molecular weight is 437 g/mol. The van der Waals surface area contributed by atoms with Gasteiger partial charge in [0, 0.05) is 38.4 Å². The van der Waals surface area contributed by atoms with Crippen LogP contribution in [-0.2, 0) is 19.6 Å². The van der Waals surface area contributed by atoms with Crippen LogP contribution in [0.3, 0.4) is 0 Å². The van der Waals surface area contributed by atoms with Crippen molar-refractivity contribution >= 4 is 22.0 Å². The van der Waals surface area contributed by atoms with E-state index >= 15 is 0 Å². The number of piperazine rings is 1. The molecule has 1 fully saturated rings. The summed E-state index contributed by atoms with van der Waals surface area (Å²) in [6, 6.07) is 4.80. The van der Waals surface area contributed by atoms with Crippen molar-refractivity contribution in [2.45, 2.75) is 25.7 Å². The van der Waals surface area contributed by atoms with Crippen molar-refractivity contribution in [1.29, 1.82) is 0 Å². The Morgan fingerprint density at radius 2 is 1.83 bits per heavy atom. The van der Waals surface area contributed by atoms with Gasteiger partial charge >= 0.3 is 12.0 Å². The van der Waals surface area contributed by atoms with E-state index in [1.807, 2.05) is 24.8 Å². The number of hydrogen-bond acceptors (Lipinski definition) is 6. The molecule has 0 atom stereocenters. The highest BCUT2D eigenvalue weighted by atomic mass is 32.2. The number of hydrogen-bond donors (Lipinski definition) is 2. The van der Waals surface area contributed by atoms with Gasteiger partial charge in [0.25, 0.3) is 0 Å². The third-order valence-corrected chi connectivity index (χ3v) is 7.30. The molecule has 0 unspecified atom stereocenters. The Bertz CT molecular complexity index is 965. The number of benzene rings is 1. The maximum Gasteiger partial charge on any atom is 0.337 e. The van der Waals surface area contributed by atoms with Gasteiger partial charge in [-0.25, -0.2) is 18.0 Å². The fourth-order valence-corrected chi connectivity index (χ4v) is 4.96. The highest BCUT2D eigenvalue weighted by Crippen LogP contribution is 2.21. The summed E-state index contributed by atoms with van der Waals surface area (Å²) < 4.78 is 32.5. The fourth-order valence-electron chi connectivity index (χ4n) is 3.46. The number of amides is 2. The van der Waals surface area contributed by atoms with Crippen LogP contribution in [0, 0.1) is 13.8 Å². The molecule has 0 radical (unpaired) electrons. The third-order valence-electron chi connectivity index (χ3n) is 5.41. The van der Waals surface area contributed by atoms with E-state index < -0.39 is 16.0 Å². The summed E-state index contributed by atoms with van der Waals surface area (Å²) in [4.78, 5) is 26.2. The van der Waals surface area contributed by atoms with E-state index in [0.29, 0.717) is 48.9 Å². The molecule has 0 aromatic heterocycles. The van der Waals surface area contributed by atoms with Crippen molar-refractivity contribution in [3.05, 3.63) is 40.6 Å². The lowest BCUT2D eigenvalue weighted by Crippen LogP contribution is -2.52. The number of sulfonamides is 1. The van der Waals surface area contributed by atoms with Gasteiger partial charge in [-0.15, -0.1) is 0 Å². The van der Waals surface area contributed by atoms with Gasteiger partial charge in [0.2, 0.25) is 10.0 Å². The molecule has 1 saturated heterocycles. The number of urea groups is 1. The zero-order chi connectivity index (χ0) is 21.9. The quantitative estimate of drug-likeness (QED) is 0.637. The van der Waals surface area contributed by atoms with Gasteiger partial charge in [-0.05, 0) is 44.0 Å². The smallest absolute Gasteiger partial charge is 0.337 e. The first-order chi connectivity index (χ1) is 14.2. The number of nitrogens with one attached hydrogen (secondary N) is 2. The highest BCUT2D eigenvalue weighted by Gasteiger charge is 2.31. The number of nitrogens with zero attached hydrogens (tertiary/aromatic N) is 2. The van der Waals surface area contributed by atoms with Crippen LogP contribution in [0.25, 0.3) is 0 Å². The summed E-state index contributed by atoms with van der Waals surface area (Å²) in [6.07, 6.45) is 0. The number of esters is 1. The largest absolute Gasteiger partial charge is 0.463 e. The Morgan fingerprint density at radius 1 is 1.13 bits per heavy atom. The van der Waals surface area contributed by atoms with Crippen LogP contribution in [0.4, 0.5) is 4.79 Å². The molecule has 30 heavy (non-hydrogen) atoms. The van der Waals surface area contributed by atoms with Crippen LogP contribution in [0.1, 0.15) is 18.1 Å². The van der Waals surface area contributed by atoms with Crippen LogP contribution in [-0.4, -0.2) is 75.5 Å². The van der Waals surface area contributed by atoms with Gasteiger partial charge in [-0.2, -0.15) is 4.31 Å². The second-order valence-corrected chi connectivity index (χ2v) is 9.35. The Labute approximate surface area is 177 Å². The van der Waals surface area contributed by atoms with Crippen LogP contribution >= 0.6 is 0 Å². The van der Waals surface area contributed by atoms with E-state index in [9.17, 15) is 18.0 Å². The average Bonchev–Trinajstić information content (AvgIpc) is 2.70. The monoisotopic (exact) mass is 436 g/mol. The van der Waals surface area contributed by atoms with Crippen molar-refractivity contribution in [2.75, 3.05) is 45.9 Å². The molecule has 0 aliphatic carbocycles. The summed E-state index contributed by atoms with van der Waals surface area (Å²) in [5, 5.41) is 5.26. The molecule has 2 N–H and O–H groups in total. The molecule has 9 nitrogen and oxygen atoms in total. The summed E-state index contributed by atoms with van der Waals surface area (Å²) in [5.41, 5.74) is 2.88. The molecule has 0 spiro atoms. The topological polar surface area (TPSA) is 108 Å². The Morgan fingerprint density at radius 3 is 2.47 bits per heavy atom. The van der Waals surface area contributed by atoms with Gasteiger partial charge in [0.05, 0.1) is 23.6 Å². The van der Waals surface area contributed by atoms with E-state index in [4.69, 9.17) is 4.74 Å². The molecule has 2 aliphatic rings. The van der Waals surface area contributed by atoms with E-state index in [-0.39, 0.29) is 19.2 Å². The number of aryl methyl sites for hydroxylation is 2. The van der Waals surface area contributed by atoms with Gasteiger partial charge in [0.15, 0.2) is 0 Å². The zero-order valence-corrected chi connectivity index (χ0v) is 18.3. The third kappa shape index (κ3) is 4.82. The minimum absolute atomic E-state index is 0.112. The second-order valence-electron chi connectivity index (χ2n) is 7.41.